The second-order valence-electron chi connectivity index (χ2n) is 7.01. The number of hydrogen-bond donors (Lipinski definition) is 1. The van der Waals surface area contributed by atoms with E-state index in [9.17, 15) is 0 Å². The van der Waals surface area contributed by atoms with Crippen molar-refractivity contribution in [3.8, 4) is 5.75 Å². The molecule has 1 fully saturated rings. The van der Waals surface area contributed by atoms with Crippen LogP contribution in [-0.2, 0) is 4.74 Å². The molecule has 4 rings (SSSR count). The molecule has 0 aliphatic carbocycles. The maximum atomic E-state index is 5.61. The maximum Gasteiger partial charge on any atom is 0.124 e. The second-order valence-corrected chi connectivity index (χ2v) is 7.01. The topological polar surface area (TPSA) is 61.2 Å². The zero-order valence-electron chi connectivity index (χ0n) is 16.3. The van der Waals surface area contributed by atoms with E-state index in [0.29, 0.717) is 6.04 Å². The lowest BCUT2D eigenvalue weighted by atomic mass is 10.0. The minimum absolute atomic E-state index is 0.136. The van der Waals surface area contributed by atoms with Gasteiger partial charge in [0.15, 0.2) is 0 Å². The molecule has 1 aromatic carbocycles. The van der Waals surface area contributed by atoms with Gasteiger partial charge in [0.1, 0.15) is 5.75 Å². The van der Waals surface area contributed by atoms with Gasteiger partial charge in [-0.1, -0.05) is 24.3 Å². The van der Waals surface area contributed by atoms with E-state index in [1.807, 2.05) is 48.8 Å². The van der Waals surface area contributed by atoms with Gasteiger partial charge in [0, 0.05) is 25.0 Å². The molecule has 0 radical (unpaired) electrons. The van der Waals surface area contributed by atoms with Crippen LogP contribution in [0.15, 0.2) is 54.9 Å². The predicted molar refractivity (Wildman–Crippen MR) is 109 cm³/mol. The van der Waals surface area contributed by atoms with Crippen molar-refractivity contribution in [1.82, 2.24) is 14.8 Å². The lowest BCUT2D eigenvalue weighted by Gasteiger charge is -2.24. The molecule has 146 valence electrons. The highest BCUT2D eigenvalue weighted by molar-refractivity contribution is 5.53. The summed E-state index contributed by atoms with van der Waals surface area (Å²) < 4.78 is 13.2. The molecule has 28 heavy (non-hydrogen) atoms. The molecule has 1 aliphatic heterocycles. The lowest BCUT2D eigenvalue weighted by Crippen LogP contribution is -2.21. The molecule has 3 aromatic rings. The minimum Gasteiger partial charge on any atom is -0.496 e. The van der Waals surface area contributed by atoms with Crippen LogP contribution in [0.5, 0.6) is 5.75 Å². The number of nitrogens with zero attached hydrogens (tertiary/aromatic N) is 3. The fourth-order valence-corrected chi connectivity index (χ4v) is 3.78. The Morgan fingerprint density at radius 1 is 1.14 bits per heavy atom. The Bertz CT molecular complexity index is 904. The standard InChI is InChI=1S/C22H26N4O2/c1-16-20(15-24-26(16)17-10-13-28-14-11-17)25-22(19-8-5-6-12-23-19)18-7-3-4-9-21(18)27-2/h3-9,12,15,17,22,25H,10-11,13-14H2,1-2H3. The number of anilines is 1. The predicted octanol–water partition coefficient (Wildman–Crippen LogP) is 4.15. The first-order chi connectivity index (χ1) is 13.8. The van der Waals surface area contributed by atoms with Gasteiger partial charge in [0.25, 0.3) is 0 Å². The van der Waals surface area contributed by atoms with Crippen molar-refractivity contribution >= 4 is 5.69 Å². The molecule has 0 spiro atoms. The fourth-order valence-electron chi connectivity index (χ4n) is 3.78. The summed E-state index contributed by atoms with van der Waals surface area (Å²) in [6, 6.07) is 14.3. The van der Waals surface area contributed by atoms with Gasteiger partial charge in [-0.2, -0.15) is 5.10 Å². The van der Waals surface area contributed by atoms with E-state index < -0.39 is 0 Å². The summed E-state index contributed by atoms with van der Waals surface area (Å²) in [7, 11) is 1.70. The monoisotopic (exact) mass is 378 g/mol. The molecule has 1 atom stereocenters. The van der Waals surface area contributed by atoms with Gasteiger partial charge in [-0.25, -0.2) is 0 Å². The Morgan fingerprint density at radius 3 is 2.68 bits per heavy atom. The van der Waals surface area contributed by atoms with Crippen LogP contribution in [0.1, 0.15) is 41.9 Å². The smallest absolute Gasteiger partial charge is 0.124 e. The number of nitrogens with one attached hydrogen (secondary N) is 1. The van der Waals surface area contributed by atoms with Gasteiger partial charge in [-0.15, -0.1) is 0 Å². The van der Waals surface area contributed by atoms with Crippen molar-refractivity contribution in [3.63, 3.8) is 0 Å². The van der Waals surface area contributed by atoms with Gasteiger partial charge in [0.05, 0.1) is 42.5 Å². The highest BCUT2D eigenvalue weighted by atomic mass is 16.5. The highest BCUT2D eigenvalue weighted by Gasteiger charge is 2.23. The van der Waals surface area contributed by atoms with Crippen molar-refractivity contribution in [1.29, 1.82) is 0 Å². The van der Waals surface area contributed by atoms with E-state index in [1.54, 1.807) is 7.11 Å². The molecule has 1 N–H and O–H groups in total. The van der Waals surface area contributed by atoms with E-state index in [0.717, 1.165) is 54.4 Å². The van der Waals surface area contributed by atoms with E-state index >= 15 is 0 Å². The summed E-state index contributed by atoms with van der Waals surface area (Å²) >= 11 is 0. The van der Waals surface area contributed by atoms with Gasteiger partial charge in [-0.3, -0.25) is 9.67 Å². The third-order valence-corrected chi connectivity index (χ3v) is 5.31. The average Bonchev–Trinajstić information content (AvgIpc) is 3.13. The first-order valence-corrected chi connectivity index (χ1v) is 9.70. The van der Waals surface area contributed by atoms with Gasteiger partial charge >= 0.3 is 0 Å². The molecule has 1 saturated heterocycles. The maximum absolute atomic E-state index is 5.61. The average molecular weight is 378 g/mol. The van der Waals surface area contributed by atoms with Crippen LogP contribution in [0.4, 0.5) is 5.69 Å². The molecule has 6 nitrogen and oxygen atoms in total. The first kappa shape index (κ1) is 18.5. The molecule has 1 aliphatic rings. The largest absolute Gasteiger partial charge is 0.496 e. The summed E-state index contributed by atoms with van der Waals surface area (Å²) in [6.45, 7) is 3.71. The van der Waals surface area contributed by atoms with Crippen molar-refractivity contribution in [3.05, 3.63) is 71.8 Å². The Labute approximate surface area is 165 Å². The SMILES string of the molecule is COc1ccccc1C(Nc1cnn(C2CCOCC2)c1C)c1ccccn1. The van der Waals surface area contributed by atoms with Crippen molar-refractivity contribution < 1.29 is 9.47 Å². The third kappa shape index (κ3) is 3.73. The second kappa shape index (κ2) is 8.44. The summed E-state index contributed by atoms with van der Waals surface area (Å²) in [6.07, 6.45) is 5.73. The van der Waals surface area contributed by atoms with Crippen LogP contribution in [-0.4, -0.2) is 35.1 Å². The molecule has 0 saturated carbocycles. The number of aromatic nitrogens is 3. The third-order valence-electron chi connectivity index (χ3n) is 5.31. The Kier molecular flexibility index (Phi) is 5.58. The Morgan fingerprint density at radius 2 is 1.93 bits per heavy atom. The van der Waals surface area contributed by atoms with Crippen molar-refractivity contribution in [2.75, 3.05) is 25.6 Å². The Balaban J connectivity index is 1.68. The summed E-state index contributed by atoms with van der Waals surface area (Å²) in [4.78, 5) is 4.59. The molecule has 3 heterocycles. The molecule has 0 amide bonds. The number of methoxy groups -OCH3 is 1. The number of ether oxygens (including phenoxy) is 2. The molecule has 2 aromatic heterocycles. The normalized spacial score (nSPS) is 15.9. The zero-order valence-corrected chi connectivity index (χ0v) is 16.3. The molecular formula is C22H26N4O2. The van der Waals surface area contributed by atoms with Crippen LogP contribution in [0.3, 0.4) is 0 Å². The molecular weight excluding hydrogens is 352 g/mol. The number of hydrogen-bond acceptors (Lipinski definition) is 5. The highest BCUT2D eigenvalue weighted by Crippen LogP contribution is 2.33. The number of para-hydroxylation sites is 1. The van der Waals surface area contributed by atoms with Crippen molar-refractivity contribution in [2.45, 2.75) is 31.8 Å². The van der Waals surface area contributed by atoms with Gasteiger partial charge < -0.3 is 14.8 Å². The van der Waals surface area contributed by atoms with Gasteiger partial charge in [-0.05, 0) is 38.0 Å². The summed E-state index contributed by atoms with van der Waals surface area (Å²) in [5, 5.41) is 8.33. The summed E-state index contributed by atoms with van der Waals surface area (Å²) in [5.74, 6) is 0.833. The molecule has 1 unspecified atom stereocenters. The van der Waals surface area contributed by atoms with Crippen LogP contribution in [0.25, 0.3) is 0 Å². The number of rotatable bonds is 6. The van der Waals surface area contributed by atoms with E-state index in [4.69, 9.17) is 9.47 Å². The van der Waals surface area contributed by atoms with Crippen molar-refractivity contribution in [2.24, 2.45) is 0 Å². The molecule has 6 heteroatoms. The minimum atomic E-state index is -0.136. The van der Waals surface area contributed by atoms with E-state index in [2.05, 4.69) is 33.1 Å². The lowest BCUT2D eigenvalue weighted by molar-refractivity contribution is 0.0657. The zero-order chi connectivity index (χ0) is 19.3. The van der Waals surface area contributed by atoms with Gasteiger partial charge in [0.2, 0.25) is 0 Å². The summed E-state index contributed by atoms with van der Waals surface area (Å²) in [5.41, 5.74) is 4.11. The first-order valence-electron chi connectivity index (χ1n) is 9.70. The number of pyridine rings is 1. The molecule has 0 bridgehead atoms. The number of benzene rings is 1. The van der Waals surface area contributed by atoms with E-state index in [1.165, 1.54) is 0 Å². The Hall–Kier alpha value is -2.86. The fraction of sp³-hybridized carbons (Fsp3) is 0.364. The van der Waals surface area contributed by atoms with Crippen LogP contribution in [0, 0.1) is 6.92 Å². The van der Waals surface area contributed by atoms with Crippen LogP contribution in [0.2, 0.25) is 0 Å². The quantitative estimate of drug-likeness (QED) is 0.698. The van der Waals surface area contributed by atoms with Crippen LogP contribution < -0.4 is 10.1 Å². The van der Waals surface area contributed by atoms with Crippen LogP contribution >= 0.6 is 0 Å². The van der Waals surface area contributed by atoms with E-state index in [-0.39, 0.29) is 6.04 Å².